The third-order valence-electron chi connectivity index (χ3n) is 5.75. The van der Waals surface area contributed by atoms with Gasteiger partial charge < -0.3 is 5.32 Å². The molecule has 0 saturated heterocycles. The van der Waals surface area contributed by atoms with Crippen LogP contribution in [0.2, 0.25) is 4.34 Å². The lowest BCUT2D eigenvalue weighted by Crippen LogP contribution is -2.44. The van der Waals surface area contributed by atoms with Crippen molar-refractivity contribution in [3.8, 4) is 5.69 Å². The van der Waals surface area contributed by atoms with Gasteiger partial charge in [-0.3, -0.25) is 14.2 Å². The van der Waals surface area contributed by atoms with Crippen molar-refractivity contribution in [2.75, 3.05) is 5.75 Å². The molecule has 2 aromatic heterocycles. The Morgan fingerprint density at radius 3 is 2.50 bits per heavy atom. The fourth-order valence-corrected chi connectivity index (χ4v) is 6.76. The van der Waals surface area contributed by atoms with Crippen molar-refractivity contribution in [1.29, 1.82) is 0 Å². The summed E-state index contributed by atoms with van der Waals surface area (Å²) in [7, 11) is -3.56. The van der Waals surface area contributed by atoms with E-state index >= 15 is 0 Å². The molecule has 1 N–H and O–H groups in total. The molecule has 4 rings (SSSR count). The second kappa shape index (κ2) is 9.60. The van der Waals surface area contributed by atoms with Gasteiger partial charge in [-0.05, 0) is 61.2 Å². The summed E-state index contributed by atoms with van der Waals surface area (Å²) in [6, 6.07) is 14.3. The minimum absolute atomic E-state index is 0.0340. The number of hydrogen-bond acceptors (Lipinski definition) is 5. The molecular formula is C23H23ClN2O4S2. The number of thiophene rings is 1. The van der Waals surface area contributed by atoms with Crippen LogP contribution in [0.3, 0.4) is 0 Å². The molecule has 0 radical (unpaired) electrons. The summed E-state index contributed by atoms with van der Waals surface area (Å²) in [5.74, 6) is -0.410. The number of aromatic nitrogens is 1. The molecule has 1 saturated carbocycles. The van der Waals surface area contributed by atoms with Crippen LogP contribution in [-0.2, 0) is 9.84 Å². The SMILES string of the molecule is O=C(NC1CCCCC1CS(=O)(=O)c1ccc(-n2ccccc2=O)cc1)c1ccc(Cl)s1. The van der Waals surface area contributed by atoms with Crippen LogP contribution in [0.1, 0.15) is 35.4 Å². The van der Waals surface area contributed by atoms with Gasteiger partial charge in [0.25, 0.3) is 11.5 Å². The fourth-order valence-electron chi connectivity index (χ4n) is 4.11. The van der Waals surface area contributed by atoms with Gasteiger partial charge in [-0.2, -0.15) is 0 Å². The smallest absolute Gasteiger partial charge is 0.261 e. The summed E-state index contributed by atoms with van der Waals surface area (Å²) < 4.78 is 28.2. The van der Waals surface area contributed by atoms with Crippen molar-refractivity contribution in [2.45, 2.75) is 36.6 Å². The number of benzene rings is 1. The third kappa shape index (κ3) is 5.14. The van der Waals surface area contributed by atoms with Crippen molar-refractivity contribution in [1.82, 2.24) is 9.88 Å². The molecule has 2 atom stereocenters. The van der Waals surface area contributed by atoms with Gasteiger partial charge >= 0.3 is 0 Å². The van der Waals surface area contributed by atoms with Gasteiger partial charge in [-0.25, -0.2) is 8.42 Å². The van der Waals surface area contributed by atoms with Crippen LogP contribution >= 0.6 is 22.9 Å². The lowest BCUT2D eigenvalue weighted by Gasteiger charge is -2.32. The second-order valence-corrected chi connectivity index (χ2v) is 11.7. The highest BCUT2D eigenvalue weighted by Gasteiger charge is 2.31. The zero-order valence-corrected chi connectivity index (χ0v) is 19.6. The van der Waals surface area contributed by atoms with E-state index < -0.39 is 9.84 Å². The third-order valence-corrected chi connectivity index (χ3v) is 8.84. The Kier molecular flexibility index (Phi) is 6.83. The van der Waals surface area contributed by atoms with E-state index in [1.165, 1.54) is 34.1 Å². The first-order valence-electron chi connectivity index (χ1n) is 10.4. The number of sulfone groups is 1. The van der Waals surface area contributed by atoms with Gasteiger partial charge in [0.2, 0.25) is 0 Å². The number of pyridine rings is 1. The number of halogens is 1. The van der Waals surface area contributed by atoms with Crippen LogP contribution in [0.25, 0.3) is 5.69 Å². The van der Waals surface area contributed by atoms with E-state index in [0.29, 0.717) is 14.9 Å². The van der Waals surface area contributed by atoms with E-state index in [1.807, 2.05) is 0 Å². The molecule has 1 amide bonds. The van der Waals surface area contributed by atoms with E-state index in [2.05, 4.69) is 5.32 Å². The maximum atomic E-state index is 13.1. The summed E-state index contributed by atoms with van der Waals surface area (Å²) in [5, 5.41) is 3.02. The number of amides is 1. The Balaban J connectivity index is 1.49. The first kappa shape index (κ1) is 22.8. The number of nitrogens with one attached hydrogen (secondary N) is 1. The Hall–Kier alpha value is -2.42. The Morgan fingerprint density at radius 1 is 1.06 bits per heavy atom. The van der Waals surface area contributed by atoms with Crippen molar-refractivity contribution >= 4 is 38.7 Å². The van der Waals surface area contributed by atoms with E-state index in [0.717, 1.165) is 25.7 Å². The van der Waals surface area contributed by atoms with Crippen molar-refractivity contribution in [3.63, 3.8) is 0 Å². The van der Waals surface area contributed by atoms with Crippen LogP contribution in [0.4, 0.5) is 0 Å². The quantitative estimate of drug-likeness (QED) is 0.557. The molecule has 1 fully saturated rings. The van der Waals surface area contributed by atoms with Gasteiger partial charge in [0, 0.05) is 24.0 Å². The van der Waals surface area contributed by atoms with Gasteiger partial charge in [-0.15, -0.1) is 11.3 Å². The molecule has 1 aliphatic rings. The van der Waals surface area contributed by atoms with E-state index in [-0.39, 0.29) is 34.1 Å². The van der Waals surface area contributed by atoms with Crippen LogP contribution in [0, 0.1) is 5.92 Å². The van der Waals surface area contributed by atoms with Crippen molar-refractivity contribution in [3.05, 3.63) is 80.4 Å². The predicted molar refractivity (Wildman–Crippen MR) is 127 cm³/mol. The number of hydrogen-bond donors (Lipinski definition) is 1. The van der Waals surface area contributed by atoms with E-state index in [9.17, 15) is 18.0 Å². The molecule has 32 heavy (non-hydrogen) atoms. The second-order valence-electron chi connectivity index (χ2n) is 7.91. The molecule has 0 spiro atoms. The first-order chi connectivity index (χ1) is 15.3. The molecule has 2 heterocycles. The molecule has 0 bridgehead atoms. The molecule has 6 nitrogen and oxygen atoms in total. The molecule has 1 aliphatic carbocycles. The van der Waals surface area contributed by atoms with Crippen molar-refractivity contribution < 1.29 is 13.2 Å². The highest BCUT2D eigenvalue weighted by atomic mass is 35.5. The average molecular weight is 491 g/mol. The lowest BCUT2D eigenvalue weighted by molar-refractivity contribution is 0.0915. The molecule has 3 aromatic rings. The zero-order valence-electron chi connectivity index (χ0n) is 17.2. The Morgan fingerprint density at radius 2 is 1.81 bits per heavy atom. The zero-order chi connectivity index (χ0) is 22.7. The highest BCUT2D eigenvalue weighted by molar-refractivity contribution is 7.91. The first-order valence-corrected chi connectivity index (χ1v) is 13.3. The number of rotatable bonds is 6. The number of nitrogens with zero attached hydrogens (tertiary/aromatic N) is 1. The number of carbonyl (C=O) groups excluding carboxylic acids is 1. The molecule has 0 aliphatic heterocycles. The topological polar surface area (TPSA) is 85.2 Å². The van der Waals surface area contributed by atoms with E-state index in [1.54, 1.807) is 42.6 Å². The molecule has 168 valence electrons. The van der Waals surface area contributed by atoms with Gasteiger partial charge in [0.1, 0.15) is 0 Å². The lowest BCUT2D eigenvalue weighted by atomic mass is 9.85. The summed E-state index contributed by atoms with van der Waals surface area (Å²) in [6.07, 6.45) is 5.02. The normalized spacial score (nSPS) is 18.9. The monoisotopic (exact) mass is 490 g/mol. The average Bonchev–Trinajstić information content (AvgIpc) is 3.22. The summed E-state index contributed by atoms with van der Waals surface area (Å²) in [6.45, 7) is 0. The predicted octanol–water partition coefficient (Wildman–Crippen LogP) is 4.31. The van der Waals surface area contributed by atoms with Gasteiger partial charge in [0.05, 0.1) is 19.9 Å². The molecule has 9 heteroatoms. The fraction of sp³-hybridized carbons (Fsp3) is 0.304. The van der Waals surface area contributed by atoms with Crippen LogP contribution < -0.4 is 10.9 Å². The maximum absolute atomic E-state index is 13.1. The molecule has 1 aromatic carbocycles. The van der Waals surface area contributed by atoms with Gasteiger partial charge in [-0.1, -0.05) is 30.5 Å². The Bertz CT molecular complexity index is 1270. The summed E-state index contributed by atoms with van der Waals surface area (Å²) in [4.78, 5) is 25.3. The van der Waals surface area contributed by atoms with Crippen LogP contribution in [-0.4, -0.2) is 30.7 Å². The maximum Gasteiger partial charge on any atom is 0.261 e. The minimum atomic E-state index is -3.56. The largest absolute Gasteiger partial charge is 0.348 e. The molecular weight excluding hydrogens is 468 g/mol. The number of carbonyl (C=O) groups is 1. The standard InChI is InChI=1S/C23H23ClN2O4S2/c24-21-13-12-20(31-21)23(28)25-19-6-2-1-5-16(19)15-32(29,30)18-10-8-17(9-11-18)26-14-4-3-7-22(26)27/h3-4,7-14,16,19H,1-2,5-6,15H2,(H,25,28). The summed E-state index contributed by atoms with van der Waals surface area (Å²) in [5.41, 5.74) is 0.419. The highest BCUT2D eigenvalue weighted by Crippen LogP contribution is 2.29. The Labute approximate surface area is 195 Å². The van der Waals surface area contributed by atoms with E-state index in [4.69, 9.17) is 11.6 Å². The molecule has 2 unspecified atom stereocenters. The van der Waals surface area contributed by atoms with Crippen LogP contribution in [0.15, 0.2) is 70.5 Å². The van der Waals surface area contributed by atoms with Crippen molar-refractivity contribution in [2.24, 2.45) is 5.92 Å². The minimum Gasteiger partial charge on any atom is -0.348 e. The summed E-state index contributed by atoms with van der Waals surface area (Å²) >= 11 is 7.14. The van der Waals surface area contributed by atoms with Gasteiger partial charge in [0.15, 0.2) is 9.84 Å². The van der Waals surface area contributed by atoms with Crippen LogP contribution in [0.5, 0.6) is 0 Å².